The molecular formula is C22H25NO3. The first-order valence-corrected chi connectivity index (χ1v) is 9.39. The maximum atomic E-state index is 9.65. The van der Waals surface area contributed by atoms with Gasteiger partial charge in [-0.25, -0.2) is 4.98 Å². The quantitative estimate of drug-likeness (QED) is 0.860. The van der Waals surface area contributed by atoms with Crippen LogP contribution in [0.25, 0.3) is 5.57 Å². The third kappa shape index (κ3) is 3.75. The summed E-state index contributed by atoms with van der Waals surface area (Å²) in [5, 5.41) is 9.65. The third-order valence-electron chi connectivity index (χ3n) is 5.22. The Morgan fingerprint density at radius 1 is 1.08 bits per heavy atom. The lowest BCUT2D eigenvalue weighted by atomic mass is 9.92. The van der Waals surface area contributed by atoms with Gasteiger partial charge in [-0.1, -0.05) is 24.3 Å². The van der Waals surface area contributed by atoms with E-state index in [1.54, 1.807) is 19.2 Å². The van der Waals surface area contributed by atoms with Gasteiger partial charge in [0.05, 0.1) is 12.8 Å². The van der Waals surface area contributed by atoms with E-state index in [0.717, 1.165) is 48.8 Å². The molecule has 0 bridgehead atoms. The molecule has 2 aliphatic rings. The van der Waals surface area contributed by atoms with E-state index in [1.807, 2.05) is 12.1 Å². The maximum Gasteiger partial charge on any atom is 0.217 e. The van der Waals surface area contributed by atoms with Gasteiger partial charge in [-0.05, 0) is 61.3 Å². The average molecular weight is 351 g/mol. The monoisotopic (exact) mass is 351 g/mol. The van der Waals surface area contributed by atoms with Crippen molar-refractivity contribution in [2.45, 2.75) is 31.6 Å². The second kappa shape index (κ2) is 7.50. The molecule has 0 radical (unpaired) electrons. The fraction of sp³-hybridized carbons (Fsp3) is 0.409. The maximum absolute atomic E-state index is 9.65. The lowest BCUT2D eigenvalue weighted by Crippen LogP contribution is -2.14. The zero-order valence-corrected chi connectivity index (χ0v) is 15.1. The number of allylic oxidation sites excluding steroid dienone is 1. The number of phenolic OH excluding ortho intramolecular Hbond substituents is 1. The van der Waals surface area contributed by atoms with Gasteiger partial charge in [-0.3, -0.25) is 0 Å². The summed E-state index contributed by atoms with van der Waals surface area (Å²) in [4.78, 5) is 4.83. The van der Waals surface area contributed by atoms with E-state index >= 15 is 0 Å². The molecule has 1 aromatic heterocycles. The lowest BCUT2D eigenvalue weighted by Gasteiger charge is -2.21. The van der Waals surface area contributed by atoms with Gasteiger partial charge in [0.1, 0.15) is 5.75 Å². The Morgan fingerprint density at radius 3 is 2.46 bits per heavy atom. The Morgan fingerprint density at radius 2 is 1.81 bits per heavy atom. The molecule has 0 amide bonds. The first kappa shape index (κ1) is 17.1. The zero-order valence-electron chi connectivity index (χ0n) is 15.1. The lowest BCUT2D eigenvalue weighted by molar-refractivity contribution is 0.0786. The van der Waals surface area contributed by atoms with Crippen molar-refractivity contribution in [3.05, 3.63) is 59.3 Å². The second-order valence-electron chi connectivity index (χ2n) is 7.15. The highest BCUT2D eigenvalue weighted by atomic mass is 16.5. The highest BCUT2D eigenvalue weighted by Gasteiger charge is 2.28. The van der Waals surface area contributed by atoms with Crippen molar-refractivity contribution in [3.8, 4) is 11.6 Å². The molecule has 2 aromatic rings. The summed E-state index contributed by atoms with van der Waals surface area (Å²) in [6.07, 6.45) is 6.81. The van der Waals surface area contributed by atoms with Crippen molar-refractivity contribution in [1.82, 2.24) is 4.98 Å². The molecule has 0 unspecified atom stereocenters. The van der Waals surface area contributed by atoms with Gasteiger partial charge in [0.2, 0.25) is 5.88 Å². The summed E-state index contributed by atoms with van der Waals surface area (Å²) in [6.45, 7) is 1.61. The summed E-state index contributed by atoms with van der Waals surface area (Å²) in [5.74, 6) is 2.09. The predicted molar refractivity (Wildman–Crippen MR) is 101 cm³/mol. The zero-order chi connectivity index (χ0) is 17.9. The molecule has 1 aliphatic carbocycles. The van der Waals surface area contributed by atoms with Gasteiger partial charge in [0.25, 0.3) is 0 Å². The number of nitrogens with zero attached hydrogens (tertiary/aromatic N) is 1. The second-order valence-corrected chi connectivity index (χ2v) is 7.15. The van der Waals surface area contributed by atoms with Crippen LogP contribution >= 0.6 is 0 Å². The van der Waals surface area contributed by atoms with Crippen LogP contribution in [0.3, 0.4) is 0 Å². The van der Waals surface area contributed by atoms with Crippen LogP contribution in [0.2, 0.25) is 0 Å². The van der Waals surface area contributed by atoms with E-state index < -0.39 is 0 Å². The number of hydrogen-bond donors (Lipinski definition) is 1. The van der Waals surface area contributed by atoms with E-state index in [2.05, 4.69) is 18.2 Å². The predicted octanol–water partition coefficient (Wildman–Crippen LogP) is 4.53. The SMILES string of the molecule is COc1nc(C(=CC2CCOCC2)c2ccc(O)cc2)ccc1C1CC1. The van der Waals surface area contributed by atoms with Gasteiger partial charge in [-0.2, -0.15) is 0 Å². The standard InChI is InChI=1S/C22H25NO3/c1-25-22-19(16-2-3-16)8-9-21(23-22)20(14-15-10-12-26-13-11-15)17-4-6-18(24)7-5-17/h4-9,14-16,24H,2-3,10-13H2,1H3. The molecular weight excluding hydrogens is 326 g/mol. The Balaban J connectivity index is 1.74. The van der Waals surface area contributed by atoms with Crippen LogP contribution in [0.15, 0.2) is 42.5 Å². The minimum atomic E-state index is 0.272. The number of hydrogen-bond acceptors (Lipinski definition) is 4. The molecule has 4 rings (SSSR count). The Hall–Kier alpha value is -2.33. The Bertz CT molecular complexity index is 788. The van der Waals surface area contributed by atoms with Gasteiger partial charge < -0.3 is 14.6 Å². The number of aromatic hydroxyl groups is 1. The molecule has 1 N–H and O–H groups in total. The number of rotatable bonds is 5. The van der Waals surface area contributed by atoms with Crippen LogP contribution < -0.4 is 4.74 Å². The number of methoxy groups -OCH3 is 1. The van der Waals surface area contributed by atoms with Crippen LogP contribution in [0.4, 0.5) is 0 Å². The molecule has 0 spiro atoms. The smallest absolute Gasteiger partial charge is 0.217 e. The Labute approximate surface area is 154 Å². The van der Waals surface area contributed by atoms with Crippen molar-refractivity contribution in [2.24, 2.45) is 5.92 Å². The Kier molecular flexibility index (Phi) is 4.93. The summed E-state index contributed by atoms with van der Waals surface area (Å²) in [6, 6.07) is 11.6. The number of pyridine rings is 1. The topological polar surface area (TPSA) is 51.6 Å². The molecule has 1 aromatic carbocycles. The van der Waals surface area contributed by atoms with Crippen LogP contribution in [0, 0.1) is 5.92 Å². The summed E-state index contributed by atoms with van der Waals surface area (Å²) >= 11 is 0. The molecule has 4 heteroatoms. The van der Waals surface area contributed by atoms with Crippen LogP contribution in [0.5, 0.6) is 11.6 Å². The molecule has 1 saturated heterocycles. The fourth-order valence-corrected chi connectivity index (χ4v) is 3.56. The summed E-state index contributed by atoms with van der Waals surface area (Å²) in [5.41, 5.74) is 4.29. The number of ether oxygens (including phenoxy) is 2. The van der Waals surface area contributed by atoms with E-state index in [1.165, 1.54) is 18.4 Å². The number of phenols is 1. The minimum absolute atomic E-state index is 0.272. The van der Waals surface area contributed by atoms with E-state index in [-0.39, 0.29) is 5.75 Å². The molecule has 2 fully saturated rings. The van der Waals surface area contributed by atoms with E-state index in [9.17, 15) is 5.11 Å². The number of benzene rings is 1. The molecule has 2 heterocycles. The molecule has 1 saturated carbocycles. The third-order valence-corrected chi connectivity index (χ3v) is 5.22. The van der Waals surface area contributed by atoms with Crippen LogP contribution in [-0.4, -0.2) is 30.4 Å². The van der Waals surface area contributed by atoms with E-state index in [4.69, 9.17) is 14.5 Å². The van der Waals surface area contributed by atoms with Gasteiger partial charge in [0, 0.05) is 24.4 Å². The van der Waals surface area contributed by atoms with Gasteiger partial charge in [-0.15, -0.1) is 0 Å². The fourth-order valence-electron chi connectivity index (χ4n) is 3.56. The molecule has 4 nitrogen and oxygen atoms in total. The highest BCUT2D eigenvalue weighted by Crippen LogP contribution is 2.44. The van der Waals surface area contributed by atoms with Crippen molar-refractivity contribution in [1.29, 1.82) is 0 Å². The highest BCUT2D eigenvalue weighted by molar-refractivity contribution is 5.78. The van der Waals surface area contributed by atoms with Crippen molar-refractivity contribution >= 4 is 5.57 Å². The summed E-state index contributed by atoms with van der Waals surface area (Å²) < 4.78 is 11.1. The van der Waals surface area contributed by atoms with Gasteiger partial charge in [0.15, 0.2) is 0 Å². The minimum Gasteiger partial charge on any atom is -0.508 e. The van der Waals surface area contributed by atoms with Crippen molar-refractivity contribution in [2.75, 3.05) is 20.3 Å². The molecule has 26 heavy (non-hydrogen) atoms. The van der Waals surface area contributed by atoms with Crippen molar-refractivity contribution < 1.29 is 14.6 Å². The molecule has 136 valence electrons. The normalized spacial score (nSPS) is 18.7. The van der Waals surface area contributed by atoms with Gasteiger partial charge >= 0.3 is 0 Å². The van der Waals surface area contributed by atoms with Crippen LogP contribution in [-0.2, 0) is 4.74 Å². The first-order valence-electron chi connectivity index (χ1n) is 9.39. The average Bonchev–Trinajstić information content (AvgIpc) is 3.52. The largest absolute Gasteiger partial charge is 0.508 e. The molecule has 1 aliphatic heterocycles. The van der Waals surface area contributed by atoms with Crippen molar-refractivity contribution in [3.63, 3.8) is 0 Å². The molecule has 0 atom stereocenters. The van der Waals surface area contributed by atoms with Crippen LogP contribution in [0.1, 0.15) is 48.4 Å². The summed E-state index contributed by atoms with van der Waals surface area (Å²) in [7, 11) is 1.69. The van der Waals surface area contributed by atoms with E-state index in [0.29, 0.717) is 11.8 Å². The number of aromatic nitrogens is 1. The first-order chi connectivity index (χ1) is 12.7.